The highest BCUT2D eigenvalue weighted by atomic mass is 31.2. The van der Waals surface area contributed by atoms with E-state index < -0.39 is 14.3 Å². The van der Waals surface area contributed by atoms with Crippen LogP contribution in [0.25, 0.3) is 11.0 Å². The number of nitrogens with two attached hydrogens (primary N) is 1. The summed E-state index contributed by atoms with van der Waals surface area (Å²) in [6.45, 7) is 4.92. The maximum Gasteiger partial charge on any atom is 0.284 e. The molecule has 2 rings (SSSR count). The largest absolute Gasteiger partial charge is 0.363 e. The average molecular weight is 281 g/mol. The lowest BCUT2D eigenvalue weighted by Crippen LogP contribution is -2.13. The summed E-state index contributed by atoms with van der Waals surface area (Å²) < 4.78 is 11.2. The molecule has 0 saturated heterocycles. The van der Waals surface area contributed by atoms with E-state index in [-0.39, 0.29) is 5.82 Å². The molecule has 1 amide bonds. The normalized spacial score (nSPS) is 11.3. The zero-order valence-corrected chi connectivity index (χ0v) is 11.7. The summed E-state index contributed by atoms with van der Waals surface area (Å²) in [5, 5.41) is 0.847. The number of benzene rings is 1. The smallest absolute Gasteiger partial charge is 0.284 e. The Hall–Kier alpha value is -1.49. The molecule has 1 aromatic carbocycles. The van der Waals surface area contributed by atoms with E-state index in [9.17, 15) is 4.79 Å². The van der Waals surface area contributed by atoms with E-state index in [1.165, 1.54) is 0 Å². The fourth-order valence-corrected chi connectivity index (χ4v) is 3.06. The first-order valence-corrected chi connectivity index (χ1v) is 7.19. The molecule has 1 aromatic heterocycles. The van der Waals surface area contributed by atoms with Gasteiger partial charge >= 0.3 is 0 Å². The number of carbonyl (C=O) groups is 1. The molecule has 1 heterocycles. The van der Waals surface area contributed by atoms with E-state index in [0.29, 0.717) is 18.7 Å². The van der Waals surface area contributed by atoms with Crippen LogP contribution in [0.4, 0.5) is 0 Å². The topological polar surface area (TPSA) is 90.2 Å². The predicted octanol–water partition coefficient (Wildman–Crippen LogP) is 1.67. The minimum Gasteiger partial charge on any atom is -0.363 e. The Morgan fingerprint density at radius 2 is 2.05 bits per heavy atom. The first kappa shape index (κ1) is 13.9. The number of primary amides is 1. The molecule has 0 fully saturated rings. The van der Waals surface area contributed by atoms with Crippen molar-refractivity contribution in [3.05, 3.63) is 24.0 Å². The highest BCUT2D eigenvalue weighted by molar-refractivity contribution is 7.56. The zero-order valence-electron chi connectivity index (χ0n) is 10.8. The summed E-state index contributed by atoms with van der Waals surface area (Å²) >= 11 is 0. The van der Waals surface area contributed by atoms with E-state index in [1.807, 2.05) is 32.0 Å². The second kappa shape index (κ2) is 6.10. The molecule has 7 heteroatoms. The van der Waals surface area contributed by atoms with Crippen molar-refractivity contribution in [2.24, 2.45) is 5.73 Å². The lowest BCUT2D eigenvalue weighted by molar-refractivity contribution is 0.0991. The summed E-state index contributed by atoms with van der Waals surface area (Å²) in [6, 6.07) is 5.60. The number of hydrogen-bond acceptors (Lipinski definition) is 4. The van der Waals surface area contributed by atoms with Gasteiger partial charge in [-0.3, -0.25) is 4.79 Å². The number of rotatable bonds is 6. The second-order valence-corrected chi connectivity index (χ2v) is 5.23. The molecule has 3 N–H and O–H groups in total. The number of nitrogens with zero attached hydrogens (tertiary/aromatic N) is 1. The first-order valence-electron chi connectivity index (χ1n) is 6.01. The minimum atomic E-state index is -1.20. The van der Waals surface area contributed by atoms with Crippen LogP contribution >= 0.6 is 8.38 Å². The van der Waals surface area contributed by atoms with Crippen molar-refractivity contribution in [1.82, 2.24) is 9.97 Å². The number of aromatic nitrogens is 2. The lowest BCUT2D eigenvalue weighted by Gasteiger charge is -2.15. The summed E-state index contributed by atoms with van der Waals surface area (Å²) in [4.78, 5) is 18.3. The van der Waals surface area contributed by atoms with E-state index in [1.54, 1.807) is 0 Å². The van der Waals surface area contributed by atoms with Crippen molar-refractivity contribution in [2.75, 3.05) is 13.2 Å². The van der Waals surface area contributed by atoms with Crippen molar-refractivity contribution >= 4 is 30.6 Å². The van der Waals surface area contributed by atoms with Crippen LogP contribution in [0.3, 0.4) is 0 Å². The Balaban J connectivity index is 2.48. The van der Waals surface area contributed by atoms with Crippen LogP contribution in [0.5, 0.6) is 0 Å². The summed E-state index contributed by atoms with van der Waals surface area (Å²) in [5.41, 5.74) is 6.65. The van der Waals surface area contributed by atoms with Gasteiger partial charge in [0.2, 0.25) is 8.38 Å². The van der Waals surface area contributed by atoms with Crippen molar-refractivity contribution in [3.63, 3.8) is 0 Å². The molecule has 0 aliphatic rings. The molecule has 0 radical (unpaired) electrons. The average Bonchev–Trinajstić information content (AvgIpc) is 2.82. The van der Waals surface area contributed by atoms with Gasteiger partial charge in [-0.15, -0.1) is 0 Å². The Labute approximate surface area is 112 Å². The zero-order chi connectivity index (χ0) is 13.8. The number of fused-ring (bicyclic) bond motifs is 1. The van der Waals surface area contributed by atoms with E-state index >= 15 is 0 Å². The van der Waals surface area contributed by atoms with Crippen LogP contribution in [0.2, 0.25) is 0 Å². The van der Waals surface area contributed by atoms with Crippen molar-refractivity contribution in [3.8, 4) is 0 Å². The quantitative estimate of drug-likeness (QED) is 0.788. The fourth-order valence-electron chi connectivity index (χ4n) is 1.69. The maximum atomic E-state index is 11.2. The molecular formula is C12H16N3O3P. The van der Waals surface area contributed by atoms with Crippen LogP contribution in [-0.2, 0) is 9.05 Å². The van der Waals surface area contributed by atoms with Gasteiger partial charge in [0.25, 0.3) is 5.91 Å². The van der Waals surface area contributed by atoms with Gasteiger partial charge in [-0.25, -0.2) is 4.98 Å². The predicted molar refractivity (Wildman–Crippen MR) is 74.4 cm³/mol. The third-order valence-electron chi connectivity index (χ3n) is 2.41. The van der Waals surface area contributed by atoms with Gasteiger partial charge in [0.1, 0.15) is 5.52 Å². The summed E-state index contributed by atoms with van der Waals surface area (Å²) in [6.07, 6.45) is 0. The lowest BCUT2D eigenvalue weighted by atomic mass is 10.3. The van der Waals surface area contributed by atoms with Gasteiger partial charge in [-0.1, -0.05) is 6.07 Å². The van der Waals surface area contributed by atoms with Gasteiger partial charge in [0.15, 0.2) is 5.82 Å². The van der Waals surface area contributed by atoms with Crippen LogP contribution in [0.1, 0.15) is 24.5 Å². The number of imidazole rings is 1. The third-order valence-corrected chi connectivity index (χ3v) is 4.15. The second-order valence-electron chi connectivity index (χ2n) is 3.72. The Bertz CT molecular complexity index is 579. The summed E-state index contributed by atoms with van der Waals surface area (Å²) in [5.74, 6) is -0.440. The molecule has 0 aliphatic heterocycles. The monoisotopic (exact) mass is 281 g/mol. The number of para-hydroxylation sites is 1. The van der Waals surface area contributed by atoms with Crippen molar-refractivity contribution < 1.29 is 13.8 Å². The van der Waals surface area contributed by atoms with Gasteiger partial charge in [0.05, 0.1) is 24.0 Å². The molecule has 0 spiro atoms. The highest BCUT2D eigenvalue weighted by Gasteiger charge is 2.19. The number of hydrogen-bond donors (Lipinski definition) is 2. The maximum absolute atomic E-state index is 11.2. The number of H-pyrrole nitrogens is 1. The number of amides is 1. The third kappa shape index (κ3) is 2.92. The van der Waals surface area contributed by atoms with Gasteiger partial charge < -0.3 is 19.8 Å². The standard InChI is InChI=1S/C12H16N3O3P/c1-3-17-19(18-4-2)9-7-5-6-8-10(9)15-12(14-8)11(13)16/h5-7H,3-4H2,1-2H3,(H2,13,16)(H,14,15). The van der Waals surface area contributed by atoms with Gasteiger partial charge in [-0.05, 0) is 26.0 Å². The Morgan fingerprint density at radius 3 is 2.63 bits per heavy atom. The van der Waals surface area contributed by atoms with Crippen LogP contribution in [-0.4, -0.2) is 29.1 Å². The molecule has 102 valence electrons. The molecule has 2 aromatic rings. The van der Waals surface area contributed by atoms with Crippen molar-refractivity contribution in [2.45, 2.75) is 13.8 Å². The Morgan fingerprint density at radius 1 is 1.37 bits per heavy atom. The minimum absolute atomic E-state index is 0.144. The number of aromatic amines is 1. The molecule has 0 unspecified atom stereocenters. The number of carbonyl (C=O) groups excluding carboxylic acids is 1. The summed E-state index contributed by atoms with van der Waals surface area (Å²) in [7, 11) is -1.20. The van der Waals surface area contributed by atoms with Gasteiger partial charge in [-0.2, -0.15) is 0 Å². The molecule has 19 heavy (non-hydrogen) atoms. The molecule has 0 saturated carbocycles. The molecule has 6 nitrogen and oxygen atoms in total. The van der Waals surface area contributed by atoms with E-state index in [0.717, 1.165) is 10.8 Å². The first-order chi connectivity index (χ1) is 9.17. The Kier molecular flexibility index (Phi) is 4.47. The number of nitrogens with one attached hydrogen (secondary N) is 1. The molecule has 0 aliphatic carbocycles. The van der Waals surface area contributed by atoms with Crippen molar-refractivity contribution in [1.29, 1.82) is 0 Å². The molecular weight excluding hydrogens is 265 g/mol. The highest BCUT2D eigenvalue weighted by Crippen LogP contribution is 2.38. The molecule has 0 atom stereocenters. The van der Waals surface area contributed by atoms with Crippen LogP contribution in [0.15, 0.2) is 18.2 Å². The van der Waals surface area contributed by atoms with Gasteiger partial charge in [0, 0.05) is 0 Å². The van der Waals surface area contributed by atoms with E-state index in [4.69, 9.17) is 14.8 Å². The van der Waals surface area contributed by atoms with E-state index in [2.05, 4.69) is 9.97 Å². The fraction of sp³-hybridized carbons (Fsp3) is 0.333. The molecule has 0 bridgehead atoms. The van der Waals surface area contributed by atoms with Crippen LogP contribution in [0, 0.1) is 0 Å². The SMILES string of the molecule is CCOP(OCC)c1cccc2[nH]c(C(N)=O)nc12. The van der Waals surface area contributed by atoms with Crippen LogP contribution < -0.4 is 11.0 Å².